The van der Waals surface area contributed by atoms with Crippen molar-refractivity contribution in [3.63, 3.8) is 0 Å². The van der Waals surface area contributed by atoms with Crippen LogP contribution in [0.3, 0.4) is 0 Å². The maximum atomic E-state index is 11.8. The SMILES string of the molecule is CCOC1CC(CC(=O)Nc2ncccc2Cl)C1. The Balaban J connectivity index is 1.75. The Hall–Kier alpha value is -1.13. The predicted octanol–water partition coefficient (Wildman–Crippen LogP) is 2.88. The lowest BCUT2D eigenvalue weighted by molar-refractivity contribution is -0.119. The Morgan fingerprint density at radius 1 is 1.61 bits per heavy atom. The number of nitrogens with zero attached hydrogens (tertiary/aromatic N) is 1. The summed E-state index contributed by atoms with van der Waals surface area (Å²) in [4.78, 5) is 15.8. The molecule has 2 rings (SSSR count). The van der Waals surface area contributed by atoms with Crippen LogP contribution in [0.1, 0.15) is 26.2 Å². The largest absolute Gasteiger partial charge is 0.378 e. The number of nitrogens with one attached hydrogen (secondary N) is 1. The molecule has 0 radical (unpaired) electrons. The summed E-state index contributed by atoms with van der Waals surface area (Å²) in [6.45, 7) is 2.73. The number of pyridine rings is 1. The van der Waals surface area contributed by atoms with Crippen molar-refractivity contribution in [2.75, 3.05) is 11.9 Å². The van der Waals surface area contributed by atoms with Gasteiger partial charge >= 0.3 is 0 Å². The van der Waals surface area contributed by atoms with Gasteiger partial charge in [0.2, 0.25) is 5.91 Å². The van der Waals surface area contributed by atoms with Crippen molar-refractivity contribution in [1.29, 1.82) is 0 Å². The van der Waals surface area contributed by atoms with Crippen LogP contribution in [0.15, 0.2) is 18.3 Å². The average Bonchev–Trinajstić information content (AvgIpc) is 2.29. The summed E-state index contributed by atoms with van der Waals surface area (Å²) < 4.78 is 5.46. The molecule has 0 atom stereocenters. The van der Waals surface area contributed by atoms with E-state index in [1.807, 2.05) is 6.92 Å². The maximum Gasteiger partial charge on any atom is 0.225 e. The Bertz CT molecular complexity index is 419. The van der Waals surface area contributed by atoms with Crippen LogP contribution < -0.4 is 5.32 Å². The van der Waals surface area contributed by atoms with Gasteiger partial charge in [0.15, 0.2) is 5.82 Å². The van der Waals surface area contributed by atoms with Gasteiger partial charge in [0.1, 0.15) is 0 Å². The van der Waals surface area contributed by atoms with Crippen LogP contribution in [0.4, 0.5) is 5.82 Å². The summed E-state index contributed by atoms with van der Waals surface area (Å²) >= 11 is 5.92. The molecule has 1 amide bonds. The lowest BCUT2D eigenvalue weighted by atomic mass is 9.80. The van der Waals surface area contributed by atoms with E-state index in [-0.39, 0.29) is 5.91 Å². The van der Waals surface area contributed by atoms with Gasteiger partial charge in [0.05, 0.1) is 11.1 Å². The van der Waals surface area contributed by atoms with Crippen LogP contribution in [0.5, 0.6) is 0 Å². The van der Waals surface area contributed by atoms with E-state index < -0.39 is 0 Å². The second kappa shape index (κ2) is 6.16. The smallest absolute Gasteiger partial charge is 0.225 e. The van der Waals surface area contributed by atoms with E-state index in [1.54, 1.807) is 18.3 Å². The second-order valence-corrected chi connectivity index (χ2v) is 4.91. The fourth-order valence-electron chi connectivity index (χ4n) is 2.14. The first kappa shape index (κ1) is 13.3. The van der Waals surface area contributed by atoms with Gasteiger partial charge in [0, 0.05) is 19.2 Å². The number of hydrogen-bond donors (Lipinski definition) is 1. The second-order valence-electron chi connectivity index (χ2n) is 4.50. The van der Waals surface area contributed by atoms with E-state index in [0.717, 1.165) is 19.4 Å². The first-order valence-corrected chi connectivity index (χ1v) is 6.58. The molecule has 0 aliphatic heterocycles. The Labute approximate surface area is 112 Å². The summed E-state index contributed by atoms with van der Waals surface area (Å²) in [6.07, 6.45) is 4.40. The summed E-state index contributed by atoms with van der Waals surface area (Å²) in [5, 5.41) is 3.20. The molecule has 1 fully saturated rings. The zero-order chi connectivity index (χ0) is 13.0. The lowest BCUT2D eigenvalue weighted by Crippen LogP contribution is -2.34. The minimum Gasteiger partial charge on any atom is -0.378 e. The highest BCUT2D eigenvalue weighted by atomic mass is 35.5. The number of hydrogen-bond acceptors (Lipinski definition) is 3. The van der Waals surface area contributed by atoms with Crippen LogP contribution in [0.25, 0.3) is 0 Å². The van der Waals surface area contributed by atoms with Gasteiger partial charge in [-0.05, 0) is 37.8 Å². The third kappa shape index (κ3) is 3.43. The number of amides is 1. The van der Waals surface area contributed by atoms with Crippen molar-refractivity contribution in [3.05, 3.63) is 23.4 Å². The first-order valence-electron chi connectivity index (χ1n) is 6.21. The topological polar surface area (TPSA) is 51.2 Å². The molecule has 1 aliphatic rings. The highest BCUT2D eigenvalue weighted by molar-refractivity contribution is 6.33. The maximum absolute atomic E-state index is 11.8. The molecule has 0 saturated heterocycles. The Morgan fingerprint density at radius 3 is 3.06 bits per heavy atom. The van der Waals surface area contributed by atoms with Crippen LogP contribution in [-0.2, 0) is 9.53 Å². The van der Waals surface area contributed by atoms with Crippen molar-refractivity contribution in [3.8, 4) is 0 Å². The third-order valence-corrected chi connectivity index (χ3v) is 3.39. The minimum absolute atomic E-state index is 0.0319. The number of aromatic nitrogens is 1. The van der Waals surface area contributed by atoms with Crippen molar-refractivity contribution < 1.29 is 9.53 Å². The summed E-state index contributed by atoms with van der Waals surface area (Å²) in [5.41, 5.74) is 0. The molecule has 0 unspecified atom stereocenters. The van der Waals surface area contributed by atoms with Crippen molar-refractivity contribution in [1.82, 2.24) is 4.98 Å². The van der Waals surface area contributed by atoms with Gasteiger partial charge in [-0.15, -0.1) is 0 Å². The fraction of sp³-hybridized carbons (Fsp3) is 0.538. The lowest BCUT2D eigenvalue weighted by Gasteiger charge is -2.34. The van der Waals surface area contributed by atoms with Crippen LogP contribution >= 0.6 is 11.6 Å². The molecule has 98 valence electrons. The molecular formula is C13H17ClN2O2. The van der Waals surface area contributed by atoms with E-state index >= 15 is 0 Å². The van der Waals surface area contributed by atoms with Gasteiger partial charge in [-0.2, -0.15) is 0 Å². The molecule has 0 bridgehead atoms. The molecule has 1 aromatic heterocycles. The summed E-state index contributed by atoms with van der Waals surface area (Å²) in [7, 11) is 0. The first-order chi connectivity index (χ1) is 8.69. The van der Waals surface area contributed by atoms with E-state index in [2.05, 4.69) is 10.3 Å². The number of carbonyl (C=O) groups is 1. The van der Waals surface area contributed by atoms with Gasteiger partial charge in [0.25, 0.3) is 0 Å². The van der Waals surface area contributed by atoms with Crippen LogP contribution in [0, 0.1) is 5.92 Å². The standard InChI is InChI=1S/C13H17ClN2O2/c1-2-18-10-6-9(7-10)8-12(17)16-13-11(14)4-3-5-15-13/h3-5,9-10H,2,6-8H2,1H3,(H,15,16,17). The van der Waals surface area contributed by atoms with Crippen molar-refractivity contribution in [2.24, 2.45) is 5.92 Å². The number of carbonyl (C=O) groups excluding carboxylic acids is 1. The molecule has 1 aromatic rings. The zero-order valence-corrected chi connectivity index (χ0v) is 11.1. The zero-order valence-electron chi connectivity index (χ0n) is 10.4. The fourth-order valence-corrected chi connectivity index (χ4v) is 2.30. The monoisotopic (exact) mass is 268 g/mol. The van der Waals surface area contributed by atoms with E-state index in [4.69, 9.17) is 16.3 Å². The summed E-state index contributed by atoms with van der Waals surface area (Å²) in [5.74, 6) is 0.824. The molecule has 1 N–H and O–H groups in total. The van der Waals surface area contributed by atoms with E-state index in [1.165, 1.54) is 0 Å². The van der Waals surface area contributed by atoms with Crippen molar-refractivity contribution in [2.45, 2.75) is 32.3 Å². The minimum atomic E-state index is -0.0319. The number of rotatable bonds is 5. The van der Waals surface area contributed by atoms with Gasteiger partial charge in [-0.25, -0.2) is 4.98 Å². The molecule has 0 aromatic carbocycles. The normalized spacial score (nSPS) is 22.3. The molecule has 1 aliphatic carbocycles. The van der Waals surface area contributed by atoms with Gasteiger partial charge in [-0.3, -0.25) is 4.79 Å². The van der Waals surface area contributed by atoms with E-state index in [0.29, 0.717) is 29.3 Å². The molecule has 4 nitrogen and oxygen atoms in total. The molecule has 1 saturated carbocycles. The molecule has 5 heteroatoms. The summed E-state index contributed by atoms with van der Waals surface area (Å²) in [6, 6.07) is 3.44. The van der Waals surface area contributed by atoms with Gasteiger partial charge < -0.3 is 10.1 Å². The molecule has 0 spiro atoms. The Kier molecular flexibility index (Phi) is 4.55. The number of ether oxygens (including phenoxy) is 1. The third-order valence-electron chi connectivity index (χ3n) is 3.09. The van der Waals surface area contributed by atoms with Crippen LogP contribution in [0.2, 0.25) is 5.02 Å². The quantitative estimate of drug-likeness (QED) is 0.893. The van der Waals surface area contributed by atoms with Gasteiger partial charge in [-0.1, -0.05) is 11.6 Å². The van der Waals surface area contributed by atoms with Crippen molar-refractivity contribution >= 4 is 23.3 Å². The average molecular weight is 269 g/mol. The van der Waals surface area contributed by atoms with Crippen LogP contribution in [-0.4, -0.2) is 23.6 Å². The highest BCUT2D eigenvalue weighted by Gasteiger charge is 2.31. The number of anilines is 1. The molecule has 18 heavy (non-hydrogen) atoms. The molecule has 1 heterocycles. The predicted molar refractivity (Wildman–Crippen MR) is 70.6 cm³/mol. The van der Waals surface area contributed by atoms with E-state index in [9.17, 15) is 4.79 Å². The number of halogens is 1. The Morgan fingerprint density at radius 2 is 2.39 bits per heavy atom. The highest BCUT2D eigenvalue weighted by Crippen LogP contribution is 2.33. The molecular weight excluding hydrogens is 252 g/mol.